The minimum atomic E-state index is 0.0141. The summed E-state index contributed by atoms with van der Waals surface area (Å²) in [7, 11) is 1.83. The minimum Gasteiger partial charge on any atom is -0.492 e. The van der Waals surface area contributed by atoms with Gasteiger partial charge in [-0.15, -0.1) is 0 Å². The molecule has 5 nitrogen and oxygen atoms in total. The Hall–Kier alpha value is -2.04. The molecule has 1 aromatic rings. The highest BCUT2D eigenvalue weighted by Crippen LogP contribution is 2.20. The highest BCUT2D eigenvalue weighted by Gasteiger charge is 2.29. The van der Waals surface area contributed by atoms with Crippen LogP contribution in [0.25, 0.3) is 0 Å². The van der Waals surface area contributed by atoms with Crippen molar-refractivity contribution in [1.82, 2.24) is 9.80 Å². The van der Waals surface area contributed by atoms with Crippen LogP contribution in [0.1, 0.15) is 32.3 Å². The van der Waals surface area contributed by atoms with E-state index in [0.717, 1.165) is 24.2 Å². The van der Waals surface area contributed by atoms with Crippen molar-refractivity contribution in [3.8, 4) is 5.75 Å². The monoisotopic (exact) mass is 346 g/mol. The van der Waals surface area contributed by atoms with E-state index in [-0.39, 0.29) is 23.7 Å². The van der Waals surface area contributed by atoms with E-state index < -0.39 is 0 Å². The van der Waals surface area contributed by atoms with E-state index in [1.165, 1.54) is 0 Å². The highest BCUT2D eigenvalue weighted by atomic mass is 16.5. The fraction of sp³-hybridized carbons (Fsp3) is 0.600. The van der Waals surface area contributed by atoms with Gasteiger partial charge < -0.3 is 14.5 Å². The second-order valence-corrected chi connectivity index (χ2v) is 7.18. The van der Waals surface area contributed by atoms with Crippen LogP contribution in [0.2, 0.25) is 0 Å². The second-order valence-electron chi connectivity index (χ2n) is 7.18. The van der Waals surface area contributed by atoms with Gasteiger partial charge in [0.05, 0.1) is 6.54 Å². The Morgan fingerprint density at radius 1 is 1.28 bits per heavy atom. The van der Waals surface area contributed by atoms with Crippen LogP contribution in [-0.4, -0.2) is 54.9 Å². The lowest BCUT2D eigenvalue weighted by Crippen LogP contribution is -2.45. The van der Waals surface area contributed by atoms with Crippen molar-refractivity contribution in [2.24, 2.45) is 11.8 Å². The van der Waals surface area contributed by atoms with Gasteiger partial charge in [0, 0.05) is 32.0 Å². The molecule has 1 aromatic carbocycles. The van der Waals surface area contributed by atoms with Crippen molar-refractivity contribution < 1.29 is 14.3 Å². The Bertz CT molecular complexity index is 592. The summed E-state index contributed by atoms with van der Waals surface area (Å²) in [6.45, 7) is 8.28. The zero-order valence-corrected chi connectivity index (χ0v) is 15.8. The molecule has 0 aromatic heterocycles. The first kappa shape index (κ1) is 19.3. The van der Waals surface area contributed by atoms with E-state index >= 15 is 0 Å². The van der Waals surface area contributed by atoms with Gasteiger partial charge in [0.15, 0.2) is 0 Å². The predicted molar refractivity (Wildman–Crippen MR) is 98.5 cm³/mol. The van der Waals surface area contributed by atoms with Gasteiger partial charge in [0.25, 0.3) is 0 Å². The Balaban J connectivity index is 1.74. The van der Waals surface area contributed by atoms with E-state index in [4.69, 9.17) is 4.74 Å². The zero-order valence-electron chi connectivity index (χ0n) is 15.8. The van der Waals surface area contributed by atoms with E-state index in [1.807, 2.05) is 57.0 Å². The van der Waals surface area contributed by atoms with Crippen molar-refractivity contribution in [2.75, 3.05) is 33.3 Å². The van der Waals surface area contributed by atoms with Crippen LogP contribution in [0.4, 0.5) is 0 Å². The Morgan fingerprint density at radius 3 is 2.56 bits per heavy atom. The molecule has 2 rings (SSSR count). The van der Waals surface area contributed by atoms with Crippen molar-refractivity contribution in [3.05, 3.63) is 29.8 Å². The Labute approximate surface area is 150 Å². The quantitative estimate of drug-likeness (QED) is 0.796. The summed E-state index contributed by atoms with van der Waals surface area (Å²) in [6.07, 6.45) is 1.50. The van der Waals surface area contributed by atoms with Crippen LogP contribution in [0, 0.1) is 18.8 Å². The van der Waals surface area contributed by atoms with Crippen LogP contribution in [0.15, 0.2) is 24.3 Å². The lowest BCUT2D eigenvalue weighted by atomic mass is 9.94. The van der Waals surface area contributed by atoms with Gasteiger partial charge in [0.2, 0.25) is 11.8 Å². The first-order valence-electron chi connectivity index (χ1n) is 9.11. The zero-order chi connectivity index (χ0) is 18.4. The molecule has 1 aliphatic heterocycles. The largest absolute Gasteiger partial charge is 0.492 e. The van der Waals surface area contributed by atoms with E-state index in [1.54, 1.807) is 4.90 Å². The first-order valence-corrected chi connectivity index (χ1v) is 9.11. The summed E-state index contributed by atoms with van der Waals surface area (Å²) in [5, 5.41) is 0. The topological polar surface area (TPSA) is 49.9 Å². The SMILES string of the molecule is Cc1cccc(OCCN(C)C(=O)C2CCN(C(=O)C(C)C)CC2)c1. The van der Waals surface area contributed by atoms with Gasteiger partial charge in [-0.1, -0.05) is 26.0 Å². The molecule has 138 valence electrons. The molecular formula is C20H30N2O3. The molecule has 5 heteroatoms. The van der Waals surface area contributed by atoms with Gasteiger partial charge in [-0.25, -0.2) is 0 Å². The first-order chi connectivity index (χ1) is 11.9. The summed E-state index contributed by atoms with van der Waals surface area (Å²) in [4.78, 5) is 28.2. The normalized spacial score (nSPS) is 15.3. The number of benzene rings is 1. The van der Waals surface area contributed by atoms with Gasteiger partial charge in [-0.2, -0.15) is 0 Å². The molecule has 1 aliphatic rings. The minimum absolute atomic E-state index is 0.0141. The molecule has 0 radical (unpaired) electrons. The maximum absolute atomic E-state index is 12.6. The van der Waals surface area contributed by atoms with Crippen molar-refractivity contribution >= 4 is 11.8 Å². The summed E-state index contributed by atoms with van der Waals surface area (Å²) in [6, 6.07) is 7.91. The summed E-state index contributed by atoms with van der Waals surface area (Å²) in [5.41, 5.74) is 1.16. The molecule has 0 bridgehead atoms. The maximum atomic E-state index is 12.6. The van der Waals surface area contributed by atoms with Crippen LogP contribution < -0.4 is 4.74 Å². The predicted octanol–water partition coefficient (Wildman–Crippen LogP) is 2.73. The van der Waals surface area contributed by atoms with E-state index in [0.29, 0.717) is 26.2 Å². The molecule has 1 heterocycles. The number of carbonyl (C=O) groups excluding carboxylic acids is 2. The molecule has 1 saturated heterocycles. The number of hydrogen-bond donors (Lipinski definition) is 0. The van der Waals surface area contributed by atoms with Crippen molar-refractivity contribution in [3.63, 3.8) is 0 Å². The molecule has 2 amide bonds. The Morgan fingerprint density at radius 2 is 1.96 bits per heavy atom. The molecule has 0 N–H and O–H groups in total. The van der Waals surface area contributed by atoms with Crippen molar-refractivity contribution in [1.29, 1.82) is 0 Å². The van der Waals surface area contributed by atoms with Gasteiger partial charge in [-0.3, -0.25) is 9.59 Å². The number of likely N-dealkylation sites (N-methyl/N-ethyl adjacent to an activating group) is 1. The Kier molecular flexibility index (Phi) is 6.85. The number of hydrogen-bond acceptors (Lipinski definition) is 3. The van der Waals surface area contributed by atoms with Crippen molar-refractivity contribution in [2.45, 2.75) is 33.6 Å². The fourth-order valence-corrected chi connectivity index (χ4v) is 3.14. The lowest BCUT2D eigenvalue weighted by molar-refractivity contribution is -0.141. The third-order valence-corrected chi connectivity index (χ3v) is 4.71. The standard InChI is InChI=1S/C20H30N2O3/c1-15(2)19(23)22-10-8-17(9-11-22)20(24)21(4)12-13-25-18-7-5-6-16(3)14-18/h5-7,14-15,17H,8-13H2,1-4H3. The second kappa shape index (κ2) is 8.88. The number of amides is 2. The highest BCUT2D eigenvalue weighted by molar-refractivity contribution is 5.80. The number of carbonyl (C=O) groups is 2. The van der Waals surface area contributed by atoms with Crippen LogP contribution in [-0.2, 0) is 9.59 Å². The average molecular weight is 346 g/mol. The molecule has 0 spiro atoms. The average Bonchev–Trinajstić information content (AvgIpc) is 2.60. The van der Waals surface area contributed by atoms with E-state index in [9.17, 15) is 9.59 Å². The molecule has 0 aliphatic carbocycles. The molecular weight excluding hydrogens is 316 g/mol. The molecule has 0 unspecified atom stereocenters. The van der Waals surface area contributed by atoms with Crippen LogP contribution >= 0.6 is 0 Å². The number of nitrogens with zero attached hydrogens (tertiary/aromatic N) is 2. The molecule has 1 fully saturated rings. The lowest BCUT2D eigenvalue weighted by Gasteiger charge is -2.34. The number of piperidine rings is 1. The van der Waals surface area contributed by atoms with Gasteiger partial charge in [-0.05, 0) is 37.5 Å². The van der Waals surface area contributed by atoms with E-state index in [2.05, 4.69) is 0 Å². The summed E-state index contributed by atoms with van der Waals surface area (Å²) >= 11 is 0. The van der Waals surface area contributed by atoms with Crippen LogP contribution in [0.3, 0.4) is 0 Å². The number of likely N-dealkylation sites (tertiary alicyclic amines) is 1. The molecule has 0 atom stereocenters. The summed E-state index contributed by atoms with van der Waals surface area (Å²) < 4.78 is 5.72. The van der Waals surface area contributed by atoms with Crippen LogP contribution in [0.5, 0.6) is 5.75 Å². The molecule has 25 heavy (non-hydrogen) atoms. The smallest absolute Gasteiger partial charge is 0.225 e. The third-order valence-electron chi connectivity index (χ3n) is 4.71. The number of rotatable bonds is 6. The number of aryl methyl sites for hydroxylation is 1. The third kappa shape index (κ3) is 5.48. The van der Waals surface area contributed by atoms with Gasteiger partial charge >= 0.3 is 0 Å². The molecule has 0 saturated carbocycles. The number of ether oxygens (including phenoxy) is 1. The van der Waals surface area contributed by atoms with Gasteiger partial charge in [0.1, 0.15) is 12.4 Å². The maximum Gasteiger partial charge on any atom is 0.225 e. The summed E-state index contributed by atoms with van der Waals surface area (Å²) in [5.74, 6) is 1.21. The fourth-order valence-electron chi connectivity index (χ4n) is 3.14.